The molecule has 2 aromatic rings. The van der Waals surface area contributed by atoms with E-state index in [2.05, 4.69) is 0 Å². The van der Waals surface area contributed by atoms with Crippen molar-refractivity contribution < 1.29 is 14.2 Å². The monoisotopic (exact) mass is 271 g/mol. The maximum absolute atomic E-state index is 13.2. The summed E-state index contributed by atoms with van der Waals surface area (Å²) in [5.41, 5.74) is 1.70. The third kappa shape index (κ3) is 2.95. The predicted molar refractivity (Wildman–Crippen MR) is 73.0 cm³/mol. The average Bonchev–Trinajstić information content (AvgIpc) is 2.42. The van der Waals surface area contributed by atoms with E-state index in [4.69, 9.17) is 10.00 Å². The van der Waals surface area contributed by atoms with E-state index >= 15 is 0 Å². The number of nitriles is 1. The molecule has 2 rings (SSSR count). The second-order valence-electron chi connectivity index (χ2n) is 4.55. The van der Waals surface area contributed by atoms with Gasteiger partial charge in [0, 0.05) is 5.56 Å². The van der Waals surface area contributed by atoms with Gasteiger partial charge in [-0.3, -0.25) is 0 Å². The Hall–Kier alpha value is -2.38. The number of aliphatic hydroxyl groups is 1. The van der Waals surface area contributed by atoms with Crippen molar-refractivity contribution >= 4 is 0 Å². The highest BCUT2D eigenvalue weighted by Crippen LogP contribution is 2.32. The van der Waals surface area contributed by atoms with Gasteiger partial charge in [-0.25, -0.2) is 4.39 Å². The number of halogens is 1. The van der Waals surface area contributed by atoms with Crippen LogP contribution in [0.1, 0.15) is 29.7 Å². The lowest BCUT2D eigenvalue weighted by molar-refractivity contribution is 0.195. The van der Waals surface area contributed by atoms with Crippen molar-refractivity contribution in [3.05, 3.63) is 58.9 Å². The van der Waals surface area contributed by atoms with E-state index in [9.17, 15) is 9.50 Å². The number of aliphatic hydroxyl groups excluding tert-OH is 1. The lowest BCUT2D eigenvalue weighted by Gasteiger charge is -2.14. The first-order chi connectivity index (χ1) is 9.51. The largest absolute Gasteiger partial charge is 0.457 e. The molecule has 1 N–H and O–H groups in total. The minimum atomic E-state index is -0.847. The van der Waals surface area contributed by atoms with Gasteiger partial charge in [-0.05, 0) is 49.7 Å². The van der Waals surface area contributed by atoms with Gasteiger partial charge >= 0.3 is 0 Å². The van der Waals surface area contributed by atoms with Gasteiger partial charge in [-0.1, -0.05) is 6.07 Å². The Morgan fingerprint density at radius 3 is 2.60 bits per heavy atom. The van der Waals surface area contributed by atoms with Gasteiger partial charge in [0.25, 0.3) is 0 Å². The third-order valence-corrected chi connectivity index (χ3v) is 2.96. The van der Waals surface area contributed by atoms with Crippen LogP contribution in [0.5, 0.6) is 11.5 Å². The molecule has 2 aromatic carbocycles. The summed E-state index contributed by atoms with van der Waals surface area (Å²) in [6, 6.07) is 11.1. The lowest BCUT2D eigenvalue weighted by Crippen LogP contribution is -1.98. The van der Waals surface area contributed by atoms with Crippen molar-refractivity contribution in [2.24, 2.45) is 0 Å². The standard InChI is InChI=1S/C16H14FNO2/c1-10-3-4-12(9-18)7-16(10)20-15-6-5-13(17)8-14(15)11(2)19/h3-8,11,19H,1-2H3/t11-/m0/s1. The molecule has 0 aliphatic heterocycles. The quantitative estimate of drug-likeness (QED) is 0.922. The van der Waals surface area contributed by atoms with Crippen LogP contribution in [-0.4, -0.2) is 5.11 Å². The van der Waals surface area contributed by atoms with Crippen LogP contribution in [0.2, 0.25) is 0 Å². The zero-order chi connectivity index (χ0) is 14.7. The first-order valence-electron chi connectivity index (χ1n) is 6.17. The second-order valence-corrected chi connectivity index (χ2v) is 4.55. The molecule has 0 saturated carbocycles. The van der Waals surface area contributed by atoms with Crippen molar-refractivity contribution in [2.75, 3.05) is 0 Å². The van der Waals surface area contributed by atoms with Crippen LogP contribution in [0.15, 0.2) is 36.4 Å². The predicted octanol–water partition coefficient (Wildman–Crippen LogP) is 3.85. The van der Waals surface area contributed by atoms with Gasteiger partial charge < -0.3 is 9.84 Å². The first kappa shape index (κ1) is 14.0. The number of ether oxygens (including phenoxy) is 1. The molecule has 0 spiro atoms. The zero-order valence-corrected chi connectivity index (χ0v) is 11.2. The summed E-state index contributed by atoms with van der Waals surface area (Å²) >= 11 is 0. The van der Waals surface area contributed by atoms with E-state index < -0.39 is 11.9 Å². The molecule has 3 nitrogen and oxygen atoms in total. The SMILES string of the molecule is Cc1ccc(C#N)cc1Oc1ccc(F)cc1[C@H](C)O. The Kier molecular flexibility index (Phi) is 4.02. The van der Waals surface area contributed by atoms with Crippen molar-refractivity contribution in [3.8, 4) is 17.6 Å². The van der Waals surface area contributed by atoms with Crippen LogP contribution >= 0.6 is 0 Å². The van der Waals surface area contributed by atoms with E-state index in [1.807, 2.05) is 13.0 Å². The van der Waals surface area contributed by atoms with Crippen LogP contribution in [0.4, 0.5) is 4.39 Å². The zero-order valence-electron chi connectivity index (χ0n) is 11.2. The minimum Gasteiger partial charge on any atom is -0.457 e. The van der Waals surface area contributed by atoms with Gasteiger partial charge in [0.15, 0.2) is 0 Å². The highest BCUT2D eigenvalue weighted by atomic mass is 19.1. The molecule has 0 aliphatic rings. The topological polar surface area (TPSA) is 53.2 Å². The average molecular weight is 271 g/mol. The van der Waals surface area contributed by atoms with Crippen molar-refractivity contribution in [2.45, 2.75) is 20.0 Å². The molecule has 0 saturated heterocycles. The third-order valence-electron chi connectivity index (χ3n) is 2.96. The smallest absolute Gasteiger partial charge is 0.133 e. The maximum Gasteiger partial charge on any atom is 0.133 e. The number of hydrogen-bond acceptors (Lipinski definition) is 3. The molecule has 20 heavy (non-hydrogen) atoms. The lowest BCUT2D eigenvalue weighted by atomic mass is 10.1. The molecule has 0 heterocycles. The molecular formula is C16H14FNO2. The van der Waals surface area contributed by atoms with Crippen LogP contribution in [0.25, 0.3) is 0 Å². The molecule has 0 amide bonds. The Balaban J connectivity index is 2.42. The van der Waals surface area contributed by atoms with Crippen LogP contribution < -0.4 is 4.74 Å². The Bertz CT molecular complexity index is 675. The van der Waals surface area contributed by atoms with Crippen molar-refractivity contribution in [1.82, 2.24) is 0 Å². The summed E-state index contributed by atoms with van der Waals surface area (Å²) in [5.74, 6) is 0.452. The minimum absolute atomic E-state index is 0.367. The van der Waals surface area contributed by atoms with Crippen LogP contribution in [-0.2, 0) is 0 Å². The van der Waals surface area contributed by atoms with Crippen LogP contribution in [0.3, 0.4) is 0 Å². The fraction of sp³-hybridized carbons (Fsp3) is 0.188. The molecular weight excluding hydrogens is 257 g/mol. The molecule has 0 aliphatic carbocycles. The van der Waals surface area contributed by atoms with Crippen molar-refractivity contribution in [1.29, 1.82) is 5.26 Å². The molecule has 1 atom stereocenters. The molecule has 0 aromatic heterocycles. The van der Waals surface area contributed by atoms with Gasteiger partial charge in [-0.15, -0.1) is 0 Å². The van der Waals surface area contributed by atoms with Crippen molar-refractivity contribution in [3.63, 3.8) is 0 Å². The Morgan fingerprint density at radius 1 is 1.20 bits per heavy atom. The Labute approximate surface area is 116 Å². The highest BCUT2D eigenvalue weighted by molar-refractivity contribution is 5.46. The van der Waals surface area contributed by atoms with E-state index in [-0.39, 0.29) is 0 Å². The molecule has 4 heteroatoms. The number of nitrogens with zero attached hydrogens (tertiary/aromatic N) is 1. The van der Waals surface area contributed by atoms with Gasteiger partial charge in [0.1, 0.15) is 17.3 Å². The summed E-state index contributed by atoms with van der Waals surface area (Å²) in [6.45, 7) is 3.39. The molecule has 102 valence electrons. The van der Waals surface area contributed by atoms with E-state index in [0.717, 1.165) is 5.56 Å². The number of hydrogen-bond donors (Lipinski definition) is 1. The number of rotatable bonds is 3. The normalized spacial score (nSPS) is 11.8. The summed E-state index contributed by atoms with van der Waals surface area (Å²) in [6.07, 6.45) is -0.847. The number of benzene rings is 2. The van der Waals surface area contributed by atoms with Gasteiger partial charge in [-0.2, -0.15) is 5.26 Å². The van der Waals surface area contributed by atoms with Gasteiger partial charge in [0.05, 0.1) is 17.7 Å². The van der Waals surface area contributed by atoms with E-state index in [1.54, 1.807) is 25.1 Å². The number of aryl methyl sites for hydroxylation is 1. The molecule has 0 radical (unpaired) electrons. The maximum atomic E-state index is 13.2. The summed E-state index contributed by atoms with van der Waals surface area (Å²) < 4.78 is 19.0. The molecule has 0 bridgehead atoms. The second kappa shape index (κ2) is 5.72. The summed E-state index contributed by atoms with van der Waals surface area (Å²) in [7, 11) is 0. The first-order valence-corrected chi connectivity index (χ1v) is 6.17. The highest BCUT2D eigenvalue weighted by Gasteiger charge is 2.12. The Morgan fingerprint density at radius 2 is 1.95 bits per heavy atom. The van der Waals surface area contributed by atoms with E-state index in [1.165, 1.54) is 18.2 Å². The summed E-state index contributed by atoms with van der Waals surface area (Å²) in [5, 5.41) is 18.6. The van der Waals surface area contributed by atoms with Gasteiger partial charge in [0.2, 0.25) is 0 Å². The fourth-order valence-corrected chi connectivity index (χ4v) is 1.84. The molecule has 0 fully saturated rings. The van der Waals surface area contributed by atoms with Crippen LogP contribution in [0, 0.1) is 24.1 Å². The molecule has 0 unspecified atom stereocenters. The van der Waals surface area contributed by atoms with E-state index in [0.29, 0.717) is 22.6 Å². The fourth-order valence-electron chi connectivity index (χ4n) is 1.84. The summed E-state index contributed by atoms with van der Waals surface area (Å²) in [4.78, 5) is 0.